The summed E-state index contributed by atoms with van der Waals surface area (Å²) in [5.74, 6) is 0.711. The van der Waals surface area contributed by atoms with Gasteiger partial charge < -0.3 is 10.2 Å². The summed E-state index contributed by atoms with van der Waals surface area (Å²) < 4.78 is 0. The topological polar surface area (TPSA) is 32.3 Å². The molecule has 0 radical (unpaired) electrons. The van der Waals surface area contributed by atoms with Gasteiger partial charge in [0, 0.05) is 20.0 Å². The van der Waals surface area contributed by atoms with Crippen molar-refractivity contribution < 1.29 is 4.79 Å². The lowest BCUT2D eigenvalue weighted by Gasteiger charge is -2.25. The Labute approximate surface area is 130 Å². The third-order valence-corrected chi connectivity index (χ3v) is 4.49. The average molecular weight is 315 g/mol. The summed E-state index contributed by atoms with van der Waals surface area (Å²) in [5, 5.41) is 4.39. The van der Waals surface area contributed by atoms with E-state index in [2.05, 4.69) is 5.32 Å². The quantitative estimate of drug-likeness (QED) is 0.924. The van der Waals surface area contributed by atoms with E-state index in [9.17, 15) is 4.79 Å². The highest BCUT2D eigenvalue weighted by molar-refractivity contribution is 6.42. The largest absolute Gasteiger partial charge is 0.341 e. The van der Waals surface area contributed by atoms with Gasteiger partial charge in [-0.3, -0.25) is 4.79 Å². The fourth-order valence-electron chi connectivity index (χ4n) is 2.49. The molecule has 20 heavy (non-hydrogen) atoms. The highest BCUT2D eigenvalue weighted by atomic mass is 35.5. The maximum absolute atomic E-state index is 12.2. The van der Waals surface area contributed by atoms with Crippen molar-refractivity contribution in [2.75, 3.05) is 20.1 Å². The van der Waals surface area contributed by atoms with Crippen LogP contribution in [0.5, 0.6) is 0 Å². The number of halogens is 2. The molecule has 1 aliphatic rings. The molecule has 1 aliphatic heterocycles. The van der Waals surface area contributed by atoms with Crippen LogP contribution >= 0.6 is 23.2 Å². The minimum absolute atomic E-state index is 0.197. The molecule has 0 aromatic heterocycles. The van der Waals surface area contributed by atoms with Crippen molar-refractivity contribution >= 4 is 29.1 Å². The van der Waals surface area contributed by atoms with Crippen LogP contribution in [0.25, 0.3) is 0 Å². The van der Waals surface area contributed by atoms with E-state index in [1.54, 1.807) is 11.0 Å². The van der Waals surface area contributed by atoms with Gasteiger partial charge in [0.15, 0.2) is 0 Å². The molecule has 1 heterocycles. The molecule has 0 bridgehead atoms. The molecular weight excluding hydrogens is 295 g/mol. The maximum Gasteiger partial charge on any atom is 0.222 e. The van der Waals surface area contributed by atoms with Gasteiger partial charge in [-0.1, -0.05) is 29.3 Å². The third-order valence-electron chi connectivity index (χ3n) is 3.75. The summed E-state index contributed by atoms with van der Waals surface area (Å²) in [6.45, 7) is 2.61. The van der Waals surface area contributed by atoms with Crippen molar-refractivity contribution in [1.29, 1.82) is 0 Å². The van der Waals surface area contributed by atoms with E-state index in [1.807, 2.05) is 19.2 Å². The number of nitrogens with zero attached hydrogens (tertiary/aromatic N) is 1. The van der Waals surface area contributed by atoms with Crippen LogP contribution in [0.15, 0.2) is 18.2 Å². The first-order valence-electron chi connectivity index (χ1n) is 6.95. The molecule has 0 aliphatic carbocycles. The number of hydrogen-bond donors (Lipinski definition) is 1. The first-order valence-corrected chi connectivity index (χ1v) is 7.70. The number of nitrogens with one attached hydrogen (secondary N) is 1. The molecule has 2 rings (SSSR count). The second-order valence-corrected chi connectivity index (χ2v) is 6.21. The molecule has 1 N–H and O–H groups in total. The van der Waals surface area contributed by atoms with E-state index >= 15 is 0 Å². The molecule has 1 fully saturated rings. The lowest BCUT2D eigenvalue weighted by molar-refractivity contribution is -0.131. The molecule has 1 amide bonds. The van der Waals surface area contributed by atoms with Crippen LogP contribution in [-0.2, 0) is 11.3 Å². The second kappa shape index (κ2) is 7.30. The standard InChI is InChI=1S/C15H20Cl2N2O/c1-19(10-12-2-3-13(16)14(17)8-12)15(20)9-11-4-6-18-7-5-11/h2-3,8,11,18H,4-7,9-10H2,1H3. The van der Waals surface area contributed by atoms with Gasteiger partial charge in [-0.25, -0.2) is 0 Å². The van der Waals surface area contributed by atoms with Crippen LogP contribution in [0.4, 0.5) is 0 Å². The van der Waals surface area contributed by atoms with Crippen molar-refractivity contribution in [3.8, 4) is 0 Å². The van der Waals surface area contributed by atoms with Crippen molar-refractivity contribution in [2.45, 2.75) is 25.8 Å². The fourth-order valence-corrected chi connectivity index (χ4v) is 2.81. The van der Waals surface area contributed by atoms with Crippen LogP contribution in [0.3, 0.4) is 0 Å². The lowest BCUT2D eigenvalue weighted by atomic mass is 9.94. The smallest absolute Gasteiger partial charge is 0.222 e. The molecule has 0 spiro atoms. The molecule has 0 atom stereocenters. The molecule has 1 aromatic carbocycles. The van der Waals surface area contributed by atoms with Gasteiger partial charge >= 0.3 is 0 Å². The molecule has 3 nitrogen and oxygen atoms in total. The lowest BCUT2D eigenvalue weighted by Crippen LogP contribution is -2.33. The van der Waals surface area contributed by atoms with Gasteiger partial charge in [-0.2, -0.15) is 0 Å². The van der Waals surface area contributed by atoms with E-state index in [-0.39, 0.29) is 5.91 Å². The van der Waals surface area contributed by atoms with Gasteiger partial charge in [0.25, 0.3) is 0 Å². The average Bonchev–Trinajstić information content (AvgIpc) is 2.44. The van der Waals surface area contributed by atoms with Crippen LogP contribution < -0.4 is 5.32 Å². The van der Waals surface area contributed by atoms with Crippen molar-refractivity contribution in [3.05, 3.63) is 33.8 Å². The molecule has 0 saturated carbocycles. The first kappa shape index (κ1) is 15.6. The summed E-state index contributed by atoms with van der Waals surface area (Å²) >= 11 is 11.9. The summed E-state index contributed by atoms with van der Waals surface area (Å²) in [7, 11) is 1.84. The highest BCUT2D eigenvalue weighted by Crippen LogP contribution is 2.23. The summed E-state index contributed by atoms with van der Waals surface area (Å²) in [4.78, 5) is 14.0. The Morgan fingerprint density at radius 3 is 2.65 bits per heavy atom. The van der Waals surface area contributed by atoms with Crippen molar-refractivity contribution in [3.63, 3.8) is 0 Å². The summed E-state index contributed by atoms with van der Waals surface area (Å²) in [6.07, 6.45) is 2.82. The number of carbonyl (C=O) groups excluding carboxylic acids is 1. The zero-order valence-electron chi connectivity index (χ0n) is 11.7. The number of piperidine rings is 1. The van der Waals surface area contributed by atoms with E-state index in [4.69, 9.17) is 23.2 Å². The molecule has 1 saturated heterocycles. The number of benzene rings is 1. The van der Waals surface area contributed by atoms with E-state index in [0.29, 0.717) is 28.9 Å². The highest BCUT2D eigenvalue weighted by Gasteiger charge is 2.19. The van der Waals surface area contributed by atoms with Gasteiger partial charge in [0.1, 0.15) is 0 Å². The third kappa shape index (κ3) is 4.37. The van der Waals surface area contributed by atoms with Gasteiger partial charge in [0.05, 0.1) is 10.0 Å². The van der Waals surface area contributed by atoms with Crippen LogP contribution in [-0.4, -0.2) is 30.9 Å². The summed E-state index contributed by atoms with van der Waals surface area (Å²) in [5.41, 5.74) is 1.00. The number of carbonyl (C=O) groups is 1. The van der Waals surface area contributed by atoms with Crippen LogP contribution in [0.1, 0.15) is 24.8 Å². The minimum Gasteiger partial charge on any atom is -0.341 e. The number of hydrogen-bond acceptors (Lipinski definition) is 2. The number of amides is 1. The van der Waals surface area contributed by atoms with E-state index < -0.39 is 0 Å². The predicted octanol–water partition coefficient (Wildman–Crippen LogP) is 3.34. The van der Waals surface area contributed by atoms with E-state index in [1.165, 1.54) is 0 Å². The van der Waals surface area contributed by atoms with Crippen LogP contribution in [0.2, 0.25) is 10.0 Å². The summed E-state index contributed by atoms with van der Waals surface area (Å²) in [6, 6.07) is 5.49. The SMILES string of the molecule is CN(Cc1ccc(Cl)c(Cl)c1)C(=O)CC1CCNCC1. The van der Waals surface area contributed by atoms with E-state index in [0.717, 1.165) is 31.5 Å². The second-order valence-electron chi connectivity index (χ2n) is 5.40. The Kier molecular flexibility index (Phi) is 5.70. The van der Waals surface area contributed by atoms with Gasteiger partial charge in [-0.15, -0.1) is 0 Å². The van der Waals surface area contributed by atoms with Crippen LogP contribution in [0, 0.1) is 5.92 Å². The Morgan fingerprint density at radius 2 is 2.00 bits per heavy atom. The maximum atomic E-state index is 12.2. The molecule has 110 valence electrons. The monoisotopic (exact) mass is 314 g/mol. The molecule has 5 heteroatoms. The zero-order valence-corrected chi connectivity index (χ0v) is 13.2. The predicted molar refractivity (Wildman–Crippen MR) is 83.1 cm³/mol. The molecule has 0 unspecified atom stereocenters. The van der Waals surface area contributed by atoms with Gasteiger partial charge in [0.2, 0.25) is 5.91 Å². The fraction of sp³-hybridized carbons (Fsp3) is 0.533. The minimum atomic E-state index is 0.197. The molecular formula is C15H20Cl2N2O. The Morgan fingerprint density at radius 1 is 1.30 bits per heavy atom. The number of rotatable bonds is 4. The Bertz CT molecular complexity index is 473. The van der Waals surface area contributed by atoms with Crippen molar-refractivity contribution in [1.82, 2.24) is 10.2 Å². The first-order chi connectivity index (χ1) is 9.56. The Balaban J connectivity index is 1.88. The van der Waals surface area contributed by atoms with Crippen molar-refractivity contribution in [2.24, 2.45) is 5.92 Å². The van der Waals surface area contributed by atoms with Gasteiger partial charge in [-0.05, 0) is 49.5 Å². The Hall–Kier alpha value is -0.770. The molecule has 1 aromatic rings. The zero-order chi connectivity index (χ0) is 14.5. The normalized spacial score (nSPS) is 16.1.